The smallest absolute Gasteiger partial charge is 0.133 e. The minimum atomic E-state index is -0.591. The second-order valence-electron chi connectivity index (χ2n) is 7.69. The highest BCUT2D eigenvalue weighted by atomic mass is 19.1. The highest BCUT2D eigenvalue weighted by Crippen LogP contribution is 2.33. The Hall–Kier alpha value is -3.32. The Morgan fingerprint density at radius 2 is 1.69 bits per heavy atom. The number of nitrogens with two attached hydrogens (primary N) is 1. The van der Waals surface area contributed by atoms with E-state index in [2.05, 4.69) is 26.1 Å². The Balaban J connectivity index is 0.00000119. The number of nitrogens with zero attached hydrogens (tertiary/aromatic N) is 3. The first-order chi connectivity index (χ1) is 15.6. The molecule has 2 aromatic carbocycles. The van der Waals surface area contributed by atoms with E-state index in [-0.39, 0.29) is 11.6 Å². The van der Waals surface area contributed by atoms with Gasteiger partial charge in [0, 0.05) is 36.3 Å². The molecule has 0 bridgehead atoms. The van der Waals surface area contributed by atoms with Crippen LogP contribution in [0.4, 0.5) is 14.5 Å². The number of pyridine rings is 1. The monoisotopic (exact) mass is 435 g/mol. The standard InChI is InChI=1S/C23H21F2N5.C2H6/c24-19-2-1-3-20(25)22(19)14-4-5-21-18(11-14)23(29-28-21)15-10-17(13-27-12-15)30-8-6-16(26)7-9-30;1-2/h1-5,10-13,16H,6-9,26H2,(H,28,29);1-2H3. The number of hydrogen-bond donors (Lipinski definition) is 2. The molecule has 0 atom stereocenters. The summed E-state index contributed by atoms with van der Waals surface area (Å²) in [5.41, 5.74) is 9.81. The van der Waals surface area contributed by atoms with Crippen molar-refractivity contribution < 1.29 is 8.78 Å². The molecule has 5 rings (SSSR count). The van der Waals surface area contributed by atoms with E-state index in [0.717, 1.165) is 48.1 Å². The van der Waals surface area contributed by atoms with Crippen LogP contribution in [0.3, 0.4) is 0 Å². The minimum absolute atomic E-state index is 0.0388. The van der Waals surface area contributed by atoms with Gasteiger partial charge in [-0.2, -0.15) is 5.10 Å². The summed E-state index contributed by atoms with van der Waals surface area (Å²) in [7, 11) is 0. The van der Waals surface area contributed by atoms with Gasteiger partial charge in [-0.05, 0) is 48.7 Å². The number of benzene rings is 2. The van der Waals surface area contributed by atoms with E-state index < -0.39 is 11.6 Å². The number of piperidine rings is 1. The molecule has 3 heterocycles. The van der Waals surface area contributed by atoms with Crippen LogP contribution < -0.4 is 10.6 Å². The third-order valence-corrected chi connectivity index (χ3v) is 5.72. The molecule has 5 nitrogen and oxygen atoms in total. The summed E-state index contributed by atoms with van der Waals surface area (Å²) in [6.07, 6.45) is 5.50. The lowest BCUT2D eigenvalue weighted by atomic mass is 10.0. The maximum absolute atomic E-state index is 14.3. The lowest BCUT2D eigenvalue weighted by Crippen LogP contribution is -2.39. The van der Waals surface area contributed by atoms with Crippen molar-refractivity contribution in [3.8, 4) is 22.4 Å². The molecule has 1 aliphatic heterocycles. The highest BCUT2D eigenvalue weighted by molar-refractivity contribution is 5.96. The number of hydrogen-bond acceptors (Lipinski definition) is 4. The average Bonchev–Trinajstić information content (AvgIpc) is 3.24. The van der Waals surface area contributed by atoms with Crippen LogP contribution in [-0.4, -0.2) is 34.3 Å². The summed E-state index contributed by atoms with van der Waals surface area (Å²) >= 11 is 0. The normalized spacial score (nSPS) is 14.3. The van der Waals surface area contributed by atoms with Crippen molar-refractivity contribution in [3.63, 3.8) is 0 Å². The number of nitrogens with one attached hydrogen (secondary N) is 1. The van der Waals surface area contributed by atoms with Gasteiger partial charge in [0.1, 0.15) is 17.3 Å². The van der Waals surface area contributed by atoms with E-state index >= 15 is 0 Å². The van der Waals surface area contributed by atoms with Gasteiger partial charge >= 0.3 is 0 Å². The molecule has 1 fully saturated rings. The SMILES string of the molecule is CC.NC1CCN(c2cncc(-c3n[nH]c4ccc(-c5c(F)cccc5F)cc34)c2)CC1. The average molecular weight is 436 g/mol. The van der Waals surface area contributed by atoms with Crippen LogP contribution in [-0.2, 0) is 0 Å². The molecule has 1 saturated heterocycles. The van der Waals surface area contributed by atoms with E-state index in [0.29, 0.717) is 11.3 Å². The zero-order valence-corrected chi connectivity index (χ0v) is 18.3. The molecular weight excluding hydrogens is 408 g/mol. The van der Waals surface area contributed by atoms with Gasteiger partial charge in [0.2, 0.25) is 0 Å². The molecule has 0 spiro atoms. The van der Waals surface area contributed by atoms with Crippen molar-refractivity contribution in [3.05, 3.63) is 66.5 Å². The van der Waals surface area contributed by atoms with Gasteiger partial charge in [-0.1, -0.05) is 26.0 Å². The van der Waals surface area contributed by atoms with Crippen LogP contribution in [0.15, 0.2) is 54.9 Å². The summed E-state index contributed by atoms with van der Waals surface area (Å²) in [5.74, 6) is -1.18. The second-order valence-corrected chi connectivity index (χ2v) is 7.69. The topological polar surface area (TPSA) is 70.8 Å². The maximum atomic E-state index is 14.3. The van der Waals surface area contributed by atoms with E-state index in [1.54, 1.807) is 24.4 Å². The Labute approximate surface area is 186 Å². The molecular formula is C25H27F2N5. The number of rotatable bonds is 3. The Kier molecular flexibility index (Phi) is 6.46. The Morgan fingerprint density at radius 3 is 2.41 bits per heavy atom. The number of halogens is 2. The van der Waals surface area contributed by atoms with Gasteiger partial charge in [0.15, 0.2) is 0 Å². The van der Waals surface area contributed by atoms with Crippen molar-refractivity contribution in [2.45, 2.75) is 32.7 Å². The molecule has 0 saturated carbocycles. The fourth-order valence-electron chi connectivity index (χ4n) is 4.05. The van der Waals surface area contributed by atoms with Gasteiger partial charge in [0.05, 0.1) is 23.0 Å². The molecule has 2 aromatic heterocycles. The fraction of sp³-hybridized carbons (Fsp3) is 0.280. The summed E-state index contributed by atoms with van der Waals surface area (Å²) in [4.78, 5) is 6.68. The first kappa shape index (κ1) is 21.9. The number of anilines is 1. The zero-order valence-electron chi connectivity index (χ0n) is 18.3. The lowest BCUT2D eigenvalue weighted by molar-refractivity contribution is 0.501. The van der Waals surface area contributed by atoms with Crippen LogP contribution in [0.2, 0.25) is 0 Å². The van der Waals surface area contributed by atoms with Crippen molar-refractivity contribution in [2.24, 2.45) is 5.73 Å². The van der Waals surface area contributed by atoms with Gasteiger partial charge in [0.25, 0.3) is 0 Å². The molecule has 0 aliphatic carbocycles. The molecule has 4 aromatic rings. The van der Waals surface area contributed by atoms with Crippen molar-refractivity contribution >= 4 is 16.6 Å². The lowest BCUT2D eigenvalue weighted by Gasteiger charge is -2.31. The number of fused-ring (bicyclic) bond motifs is 1. The number of aromatic nitrogens is 3. The van der Waals surface area contributed by atoms with Crippen molar-refractivity contribution in [1.82, 2.24) is 15.2 Å². The third-order valence-electron chi connectivity index (χ3n) is 5.72. The van der Waals surface area contributed by atoms with E-state index in [9.17, 15) is 8.78 Å². The van der Waals surface area contributed by atoms with E-state index in [1.165, 1.54) is 18.2 Å². The first-order valence-electron chi connectivity index (χ1n) is 11.0. The predicted molar refractivity (Wildman–Crippen MR) is 125 cm³/mol. The molecule has 0 radical (unpaired) electrons. The van der Waals surface area contributed by atoms with Gasteiger partial charge in [-0.25, -0.2) is 8.78 Å². The summed E-state index contributed by atoms with van der Waals surface area (Å²) in [6, 6.07) is 11.4. The quantitative estimate of drug-likeness (QED) is 0.444. The van der Waals surface area contributed by atoms with Crippen molar-refractivity contribution in [2.75, 3.05) is 18.0 Å². The summed E-state index contributed by atoms with van der Waals surface area (Å²) < 4.78 is 28.6. The largest absolute Gasteiger partial charge is 0.370 e. The molecule has 32 heavy (non-hydrogen) atoms. The molecule has 0 unspecified atom stereocenters. The van der Waals surface area contributed by atoms with E-state index in [4.69, 9.17) is 5.73 Å². The summed E-state index contributed by atoms with van der Waals surface area (Å²) in [5, 5.41) is 8.24. The summed E-state index contributed by atoms with van der Waals surface area (Å²) in [6.45, 7) is 5.79. The molecule has 0 amide bonds. The highest BCUT2D eigenvalue weighted by Gasteiger charge is 2.19. The van der Waals surface area contributed by atoms with Gasteiger partial charge < -0.3 is 10.6 Å². The van der Waals surface area contributed by atoms with Crippen LogP contribution >= 0.6 is 0 Å². The van der Waals surface area contributed by atoms with Crippen LogP contribution in [0.5, 0.6) is 0 Å². The fourth-order valence-corrected chi connectivity index (χ4v) is 4.05. The van der Waals surface area contributed by atoms with Crippen LogP contribution in [0.1, 0.15) is 26.7 Å². The predicted octanol–water partition coefficient (Wildman–Crippen LogP) is 5.52. The molecule has 3 N–H and O–H groups in total. The second kappa shape index (κ2) is 9.44. The van der Waals surface area contributed by atoms with Gasteiger partial charge in [-0.3, -0.25) is 10.1 Å². The van der Waals surface area contributed by atoms with E-state index in [1.807, 2.05) is 20.0 Å². The Bertz CT molecular complexity index is 1190. The number of H-pyrrole nitrogens is 1. The minimum Gasteiger partial charge on any atom is -0.370 e. The first-order valence-corrected chi connectivity index (χ1v) is 11.0. The maximum Gasteiger partial charge on any atom is 0.133 e. The zero-order chi connectivity index (χ0) is 22.7. The van der Waals surface area contributed by atoms with Crippen LogP contribution in [0.25, 0.3) is 33.3 Å². The number of aromatic amines is 1. The van der Waals surface area contributed by atoms with Gasteiger partial charge in [-0.15, -0.1) is 0 Å². The molecule has 1 aliphatic rings. The van der Waals surface area contributed by atoms with Crippen LogP contribution in [0, 0.1) is 11.6 Å². The van der Waals surface area contributed by atoms with Crippen molar-refractivity contribution in [1.29, 1.82) is 0 Å². The third kappa shape index (κ3) is 4.21. The Morgan fingerprint density at radius 1 is 0.969 bits per heavy atom. The molecule has 166 valence electrons. The molecule has 7 heteroatoms.